The molecule has 116 valence electrons. The highest BCUT2D eigenvalue weighted by Crippen LogP contribution is 2.23. The number of aromatic nitrogens is 3. The van der Waals surface area contributed by atoms with Gasteiger partial charge in [0.05, 0.1) is 6.04 Å². The van der Waals surface area contributed by atoms with Gasteiger partial charge in [-0.25, -0.2) is 0 Å². The molecule has 0 saturated carbocycles. The van der Waals surface area contributed by atoms with Crippen molar-refractivity contribution in [2.45, 2.75) is 32.2 Å². The van der Waals surface area contributed by atoms with Crippen LogP contribution in [0, 0.1) is 0 Å². The molecule has 4 rings (SSSR count). The van der Waals surface area contributed by atoms with Crippen molar-refractivity contribution in [1.82, 2.24) is 19.9 Å². The number of nitrogens with zero attached hydrogens (tertiary/aromatic N) is 3. The fraction of sp³-hybridized carbons (Fsp3) is 0.278. The van der Waals surface area contributed by atoms with Gasteiger partial charge in [0.2, 0.25) is 0 Å². The molecule has 0 aliphatic heterocycles. The zero-order chi connectivity index (χ0) is 15.8. The highest BCUT2D eigenvalue weighted by Gasteiger charge is 2.18. The van der Waals surface area contributed by atoms with Gasteiger partial charge in [-0.2, -0.15) is 0 Å². The Morgan fingerprint density at radius 1 is 1.17 bits per heavy atom. The average molecular weight is 306 g/mol. The molecule has 0 unspecified atom stereocenters. The summed E-state index contributed by atoms with van der Waals surface area (Å²) in [6.07, 6.45) is 5.28. The second-order valence-corrected chi connectivity index (χ2v) is 6.02. The lowest BCUT2D eigenvalue weighted by Gasteiger charge is -2.13. The molecule has 1 amide bonds. The minimum Gasteiger partial charge on any atom is -0.342 e. The summed E-state index contributed by atoms with van der Waals surface area (Å²) in [7, 11) is 0. The highest BCUT2D eigenvalue weighted by atomic mass is 16.1. The number of rotatable bonds is 3. The number of pyridine rings is 1. The molecule has 2 heterocycles. The molecule has 5 nitrogen and oxygen atoms in total. The molecule has 1 atom stereocenters. The van der Waals surface area contributed by atoms with Crippen LogP contribution in [0.4, 0.5) is 0 Å². The van der Waals surface area contributed by atoms with Gasteiger partial charge in [0.15, 0.2) is 11.5 Å². The van der Waals surface area contributed by atoms with E-state index in [4.69, 9.17) is 0 Å². The Balaban J connectivity index is 1.56. The van der Waals surface area contributed by atoms with E-state index in [1.165, 1.54) is 17.5 Å². The largest absolute Gasteiger partial charge is 0.342 e. The third kappa shape index (κ3) is 2.48. The van der Waals surface area contributed by atoms with E-state index in [0.717, 1.165) is 24.3 Å². The minimum absolute atomic E-state index is 0.0696. The highest BCUT2D eigenvalue weighted by molar-refractivity contribution is 5.94. The Hall–Kier alpha value is -2.69. The van der Waals surface area contributed by atoms with E-state index in [1.54, 1.807) is 0 Å². The Morgan fingerprint density at radius 2 is 2.04 bits per heavy atom. The van der Waals surface area contributed by atoms with Crippen molar-refractivity contribution in [2.24, 2.45) is 0 Å². The molecule has 1 aliphatic rings. The molecule has 1 aromatic carbocycles. The molecule has 0 bridgehead atoms. The number of benzene rings is 1. The van der Waals surface area contributed by atoms with Gasteiger partial charge in [0, 0.05) is 11.8 Å². The molecule has 0 fully saturated rings. The zero-order valence-corrected chi connectivity index (χ0v) is 13.0. The number of carbonyl (C=O) groups is 1. The normalized spacial score (nSPS) is 14.7. The van der Waals surface area contributed by atoms with Gasteiger partial charge in [0.1, 0.15) is 0 Å². The van der Waals surface area contributed by atoms with E-state index in [9.17, 15) is 4.79 Å². The topological polar surface area (TPSA) is 59.3 Å². The van der Waals surface area contributed by atoms with Gasteiger partial charge in [-0.3, -0.25) is 9.20 Å². The number of aryl methyl sites for hydroxylation is 2. The molecule has 0 saturated heterocycles. The summed E-state index contributed by atoms with van der Waals surface area (Å²) in [5.74, 6) is 0.662. The van der Waals surface area contributed by atoms with Crippen LogP contribution in [0.1, 0.15) is 46.7 Å². The van der Waals surface area contributed by atoms with E-state index < -0.39 is 0 Å². The fourth-order valence-corrected chi connectivity index (χ4v) is 3.21. The van der Waals surface area contributed by atoms with Crippen molar-refractivity contribution in [3.8, 4) is 0 Å². The van der Waals surface area contributed by atoms with Crippen LogP contribution >= 0.6 is 0 Å². The molecular formula is C18H18N4O. The van der Waals surface area contributed by atoms with Crippen LogP contribution in [0.25, 0.3) is 5.65 Å². The maximum Gasteiger partial charge on any atom is 0.251 e. The summed E-state index contributed by atoms with van der Waals surface area (Å²) >= 11 is 0. The lowest BCUT2D eigenvalue weighted by molar-refractivity contribution is 0.0938. The molecule has 2 aromatic heterocycles. The van der Waals surface area contributed by atoms with Gasteiger partial charge >= 0.3 is 0 Å². The Morgan fingerprint density at radius 3 is 2.96 bits per heavy atom. The average Bonchev–Trinajstić information content (AvgIpc) is 3.20. The van der Waals surface area contributed by atoms with E-state index in [1.807, 2.05) is 47.9 Å². The van der Waals surface area contributed by atoms with Crippen molar-refractivity contribution < 1.29 is 4.79 Å². The summed E-state index contributed by atoms with van der Waals surface area (Å²) < 4.78 is 1.90. The number of hydrogen-bond acceptors (Lipinski definition) is 3. The monoisotopic (exact) mass is 306 g/mol. The first-order valence-electron chi connectivity index (χ1n) is 7.95. The Kier molecular flexibility index (Phi) is 3.33. The van der Waals surface area contributed by atoms with Crippen molar-refractivity contribution in [3.05, 3.63) is 65.1 Å². The SMILES string of the molecule is C[C@@H](NC(=O)c1ccc2c(c1)CCC2)c1nnc2ccccn12. The van der Waals surface area contributed by atoms with Crippen LogP contribution in [-0.2, 0) is 12.8 Å². The summed E-state index contributed by atoms with van der Waals surface area (Å²) in [6, 6.07) is 11.5. The van der Waals surface area contributed by atoms with Crippen LogP contribution in [-0.4, -0.2) is 20.5 Å². The Bertz CT molecular complexity index is 884. The number of carbonyl (C=O) groups excluding carboxylic acids is 1. The van der Waals surface area contributed by atoms with E-state index in [-0.39, 0.29) is 11.9 Å². The molecule has 1 N–H and O–H groups in total. The third-order valence-electron chi connectivity index (χ3n) is 4.44. The second kappa shape index (κ2) is 5.50. The van der Waals surface area contributed by atoms with Gasteiger partial charge < -0.3 is 5.32 Å². The maximum absolute atomic E-state index is 12.5. The summed E-state index contributed by atoms with van der Waals surface area (Å²) in [5.41, 5.74) is 4.17. The first-order valence-corrected chi connectivity index (χ1v) is 7.95. The molecule has 23 heavy (non-hydrogen) atoms. The zero-order valence-electron chi connectivity index (χ0n) is 13.0. The number of fused-ring (bicyclic) bond motifs is 2. The van der Waals surface area contributed by atoms with Crippen molar-refractivity contribution >= 4 is 11.6 Å². The smallest absolute Gasteiger partial charge is 0.251 e. The van der Waals surface area contributed by atoms with E-state index in [0.29, 0.717) is 5.56 Å². The maximum atomic E-state index is 12.5. The van der Waals surface area contributed by atoms with E-state index in [2.05, 4.69) is 21.6 Å². The number of nitrogens with one attached hydrogen (secondary N) is 1. The quantitative estimate of drug-likeness (QED) is 0.809. The lowest BCUT2D eigenvalue weighted by Crippen LogP contribution is -2.28. The number of hydrogen-bond donors (Lipinski definition) is 1. The third-order valence-corrected chi connectivity index (χ3v) is 4.44. The molecule has 0 spiro atoms. The van der Waals surface area contributed by atoms with Gasteiger partial charge in [-0.05, 0) is 61.6 Å². The van der Waals surface area contributed by atoms with Crippen LogP contribution in [0.15, 0.2) is 42.6 Å². The molecule has 5 heteroatoms. The lowest BCUT2D eigenvalue weighted by atomic mass is 10.1. The standard InChI is InChI=1S/C18H18N4O/c1-12(17-21-20-16-7-2-3-10-22(16)17)19-18(23)15-9-8-13-5-4-6-14(13)11-15/h2-3,7-12H,4-6H2,1H3,(H,19,23)/t12-/m1/s1. The Labute approximate surface area is 134 Å². The minimum atomic E-state index is -0.215. The van der Waals surface area contributed by atoms with Gasteiger partial charge in [-0.15, -0.1) is 10.2 Å². The second-order valence-electron chi connectivity index (χ2n) is 6.02. The summed E-state index contributed by atoms with van der Waals surface area (Å²) in [6.45, 7) is 1.93. The van der Waals surface area contributed by atoms with E-state index >= 15 is 0 Å². The van der Waals surface area contributed by atoms with Crippen LogP contribution in [0.3, 0.4) is 0 Å². The van der Waals surface area contributed by atoms with Crippen molar-refractivity contribution in [1.29, 1.82) is 0 Å². The van der Waals surface area contributed by atoms with Crippen molar-refractivity contribution in [3.63, 3.8) is 0 Å². The molecular weight excluding hydrogens is 288 g/mol. The van der Waals surface area contributed by atoms with Crippen LogP contribution in [0.2, 0.25) is 0 Å². The number of amides is 1. The first kappa shape index (κ1) is 13.9. The van der Waals surface area contributed by atoms with Crippen LogP contribution in [0.5, 0.6) is 0 Å². The van der Waals surface area contributed by atoms with Gasteiger partial charge in [0.25, 0.3) is 5.91 Å². The summed E-state index contributed by atoms with van der Waals surface area (Å²) in [5, 5.41) is 11.3. The van der Waals surface area contributed by atoms with Crippen LogP contribution < -0.4 is 5.32 Å². The van der Waals surface area contributed by atoms with Crippen molar-refractivity contribution in [2.75, 3.05) is 0 Å². The molecule has 0 radical (unpaired) electrons. The molecule has 3 aromatic rings. The predicted molar refractivity (Wildman–Crippen MR) is 87.3 cm³/mol. The summed E-state index contributed by atoms with van der Waals surface area (Å²) in [4.78, 5) is 12.5. The van der Waals surface area contributed by atoms with Gasteiger partial charge in [-0.1, -0.05) is 12.1 Å². The first-order chi connectivity index (χ1) is 11.2. The predicted octanol–water partition coefficient (Wildman–Crippen LogP) is 2.71. The molecule has 1 aliphatic carbocycles. The fourth-order valence-electron chi connectivity index (χ4n) is 3.21.